The molecule has 0 nitrogen and oxygen atoms in total. The van der Waals surface area contributed by atoms with Gasteiger partial charge in [0.25, 0.3) is 0 Å². The van der Waals surface area contributed by atoms with Gasteiger partial charge in [0.15, 0.2) is 0 Å². The first-order valence-electron chi connectivity index (χ1n) is 2.07. The Labute approximate surface area is 105 Å². The van der Waals surface area contributed by atoms with Crippen molar-refractivity contribution in [1.29, 1.82) is 0 Å². The van der Waals surface area contributed by atoms with Crippen LogP contribution in [0, 0.1) is 35.7 Å². The quantitative estimate of drug-likeness (QED) is 0.254. The van der Waals surface area contributed by atoms with Crippen molar-refractivity contribution < 1.29 is 69.8 Å². The molecule has 0 bridgehead atoms. The van der Waals surface area contributed by atoms with Crippen LogP contribution < -0.4 is 56.6 Å². The molecule has 0 spiro atoms. The van der Waals surface area contributed by atoms with Gasteiger partial charge in [-0.15, -0.1) is 0 Å². The first kappa shape index (κ1) is 18.6. The van der Waals surface area contributed by atoms with Crippen molar-refractivity contribution in [1.82, 2.24) is 0 Å². The van der Waals surface area contributed by atoms with E-state index < -0.39 is 17.5 Å². The van der Waals surface area contributed by atoms with Crippen LogP contribution in [0.15, 0.2) is 0 Å². The number of rotatable bonds is 0. The van der Waals surface area contributed by atoms with Crippen LogP contribution in [0.4, 0.5) is 13.2 Å². The van der Waals surface area contributed by atoms with E-state index in [1.54, 1.807) is 0 Å². The molecule has 0 amide bonds. The van der Waals surface area contributed by atoms with Crippen LogP contribution >= 0.6 is 0 Å². The van der Waals surface area contributed by atoms with Gasteiger partial charge in [0, 0.05) is 0 Å². The van der Waals surface area contributed by atoms with Crippen LogP contribution in [0.3, 0.4) is 0 Å². The monoisotopic (exact) mass is 150 g/mol. The van der Waals surface area contributed by atoms with Gasteiger partial charge in [0.2, 0.25) is 0 Å². The molecule has 0 radical (unpaired) electrons. The number of hydrogen-bond acceptors (Lipinski definition) is 0. The van der Waals surface area contributed by atoms with Crippen molar-refractivity contribution in [3.8, 4) is 0 Å². The molecule has 1 aromatic carbocycles. The summed E-state index contributed by atoms with van der Waals surface area (Å²) in [4.78, 5) is 0. The van der Waals surface area contributed by atoms with Crippen LogP contribution in [0.2, 0.25) is 0 Å². The summed E-state index contributed by atoms with van der Waals surface area (Å²) in [6.07, 6.45) is 0. The number of hydrogen-bond donors (Lipinski definition) is 0. The zero-order valence-corrected chi connectivity index (χ0v) is 7.13. The van der Waals surface area contributed by atoms with Gasteiger partial charge in [-0.25, -0.2) is 17.5 Å². The molecule has 0 aromatic heterocycles. The Morgan fingerprint density at radius 2 is 0.750 bits per heavy atom. The summed E-state index contributed by atoms with van der Waals surface area (Å²) < 4.78 is 35.5. The second-order valence-electron chi connectivity index (χ2n) is 1.32. The van der Waals surface area contributed by atoms with E-state index in [0.717, 1.165) is 0 Å². The van der Waals surface area contributed by atoms with E-state index in [-0.39, 0.29) is 56.6 Å². The largest absolute Gasteiger partial charge is 1.00 e. The average molecular weight is 150 g/mol. The maximum Gasteiger partial charge on any atom is 1.00 e. The van der Waals surface area contributed by atoms with Crippen LogP contribution in [0.1, 0.15) is 0 Å². The molecule has 6 heteroatoms. The number of benzene rings is 1. The Morgan fingerprint density at radius 3 is 0.917 bits per heavy atom. The third-order valence-corrected chi connectivity index (χ3v) is 0.658. The number of halogens is 3. The third-order valence-electron chi connectivity index (χ3n) is 0.658. The summed E-state index contributed by atoms with van der Waals surface area (Å²) in [6, 6.07) is 4.58. The molecule has 0 unspecified atom stereocenters. The molecule has 0 aliphatic rings. The molecule has 0 aliphatic heterocycles. The van der Waals surface area contributed by atoms with Crippen LogP contribution in [0.5, 0.6) is 0 Å². The van der Waals surface area contributed by atoms with Gasteiger partial charge in [0.05, 0.1) is 0 Å². The van der Waals surface area contributed by atoms with Gasteiger partial charge in [-0.3, -0.25) is 13.2 Å². The predicted octanol–water partition coefficient (Wildman–Crippen LogP) is -7.48. The molecule has 0 saturated heterocycles. The van der Waals surface area contributed by atoms with E-state index in [2.05, 4.69) is 0 Å². The standard InChI is InChI=1S/C6F3.3Li/c7-4-1-5(8)3-6(9)2-4;;;/q-3;3*+1. The molecule has 0 atom stereocenters. The van der Waals surface area contributed by atoms with Crippen molar-refractivity contribution in [3.63, 3.8) is 0 Å². The first-order chi connectivity index (χ1) is 4.18. The molecule has 0 saturated carbocycles. The van der Waals surface area contributed by atoms with E-state index in [1.807, 2.05) is 0 Å². The van der Waals surface area contributed by atoms with Crippen LogP contribution in [-0.4, -0.2) is 0 Å². The maximum atomic E-state index is 11.8. The second-order valence-corrected chi connectivity index (χ2v) is 1.32. The summed E-state index contributed by atoms with van der Waals surface area (Å²) in [5.74, 6) is -3.53. The summed E-state index contributed by atoms with van der Waals surface area (Å²) in [7, 11) is 0. The minimum Gasteiger partial charge on any atom is -0.474 e. The van der Waals surface area contributed by atoms with Gasteiger partial charge < -0.3 is 18.2 Å². The fourth-order valence-electron chi connectivity index (χ4n) is 0.383. The Kier molecular flexibility index (Phi) is 13.0. The molecular weight excluding hydrogens is 150 g/mol. The van der Waals surface area contributed by atoms with Crippen molar-refractivity contribution in [2.24, 2.45) is 0 Å². The van der Waals surface area contributed by atoms with Gasteiger partial charge in [-0.1, -0.05) is 0 Å². The zero-order valence-electron chi connectivity index (χ0n) is 7.13. The third kappa shape index (κ3) is 6.33. The normalized spacial score (nSPS) is 7.25. The Morgan fingerprint density at radius 1 is 0.583 bits per heavy atom. The molecule has 0 aliphatic carbocycles. The van der Waals surface area contributed by atoms with Crippen LogP contribution in [-0.2, 0) is 0 Å². The van der Waals surface area contributed by atoms with Gasteiger partial charge in [-0.2, -0.15) is 0 Å². The Hall–Kier alpha value is 0.802. The van der Waals surface area contributed by atoms with Crippen molar-refractivity contribution >= 4 is 0 Å². The van der Waals surface area contributed by atoms with E-state index in [1.165, 1.54) is 18.2 Å². The van der Waals surface area contributed by atoms with Crippen molar-refractivity contribution in [2.75, 3.05) is 0 Å². The molecule has 0 N–H and O–H groups in total. The molecule has 48 valence electrons. The summed E-state index contributed by atoms with van der Waals surface area (Å²) in [5.41, 5.74) is 0. The van der Waals surface area contributed by atoms with E-state index in [0.29, 0.717) is 0 Å². The minimum absolute atomic E-state index is 0. The van der Waals surface area contributed by atoms with Gasteiger partial charge in [-0.05, 0) is 0 Å². The summed E-state index contributed by atoms with van der Waals surface area (Å²) >= 11 is 0. The van der Waals surface area contributed by atoms with Crippen molar-refractivity contribution in [2.45, 2.75) is 0 Å². The van der Waals surface area contributed by atoms with Crippen molar-refractivity contribution in [3.05, 3.63) is 35.7 Å². The smallest absolute Gasteiger partial charge is 0.474 e. The van der Waals surface area contributed by atoms with Crippen LogP contribution in [0.25, 0.3) is 0 Å². The molecule has 12 heavy (non-hydrogen) atoms. The zero-order chi connectivity index (χ0) is 6.85. The molecule has 0 heterocycles. The fourth-order valence-corrected chi connectivity index (χ4v) is 0.383. The van der Waals surface area contributed by atoms with E-state index in [9.17, 15) is 13.2 Å². The fraction of sp³-hybridized carbons (Fsp3) is 0. The molecule has 1 rings (SSSR count). The van der Waals surface area contributed by atoms with E-state index in [4.69, 9.17) is 0 Å². The summed E-state index contributed by atoms with van der Waals surface area (Å²) in [6.45, 7) is 0. The SMILES string of the molecule is Fc1[c-]c(F)[c-]c(F)[c-]1.[Li+].[Li+].[Li+]. The van der Waals surface area contributed by atoms with Gasteiger partial charge in [0.1, 0.15) is 0 Å². The summed E-state index contributed by atoms with van der Waals surface area (Å²) in [5, 5.41) is 0. The minimum atomic E-state index is -1.18. The predicted molar refractivity (Wildman–Crippen MR) is 22.8 cm³/mol. The van der Waals surface area contributed by atoms with Gasteiger partial charge >= 0.3 is 56.6 Å². The molecule has 0 fully saturated rings. The first-order valence-corrected chi connectivity index (χ1v) is 2.07. The Bertz CT molecular complexity index is 179. The second kappa shape index (κ2) is 8.40. The van der Waals surface area contributed by atoms with E-state index >= 15 is 0 Å². The molecule has 1 aromatic rings. The molecular formula is C6F3Li3. The maximum absolute atomic E-state index is 11.8. The average Bonchev–Trinajstić information content (AvgIpc) is 1.59. The Balaban J connectivity index is -0.000000270. The topological polar surface area (TPSA) is 0 Å².